The Labute approximate surface area is 173 Å². The summed E-state index contributed by atoms with van der Waals surface area (Å²) < 4.78 is 6.99. The SMILES string of the molecule is COc1ccc(CNC(=O)CSc2nnc(-c3ccc(C)c(Cl)c3)n2C)cc1. The van der Waals surface area contributed by atoms with Crippen LogP contribution in [0.5, 0.6) is 5.75 Å². The summed E-state index contributed by atoms with van der Waals surface area (Å²) in [6.07, 6.45) is 0. The van der Waals surface area contributed by atoms with Gasteiger partial charge in [-0.05, 0) is 36.2 Å². The predicted octanol–water partition coefficient (Wildman–Crippen LogP) is 3.86. The predicted molar refractivity (Wildman–Crippen MR) is 112 cm³/mol. The van der Waals surface area contributed by atoms with Gasteiger partial charge in [-0.1, -0.05) is 47.6 Å². The molecule has 0 unspecified atom stereocenters. The lowest BCUT2D eigenvalue weighted by Gasteiger charge is -2.07. The molecule has 0 saturated carbocycles. The number of methoxy groups -OCH3 is 1. The van der Waals surface area contributed by atoms with Crippen LogP contribution in [0.15, 0.2) is 47.6 Å². The Bertz CT molecular complexity index is 973. The van der Waals surface area contributed by atoms with Gasteiger partial charge in [0.2, 0.25) is 5.91 Å². The van der Waals surface area contributed by atoms with E-state index in [0.29, 0.717) is 22.5 Å². The van der Waals surface area contributed by atoms with Gasteiger partial charge < -0.3 is 14.6 Å². The number of nitrogens with one attached hydrogen (secondary N) is 1. The molecule has 0 aliphatic carbocycles. The zero-order chi connectivity index (χ0) is 20.1. The van der Waals surface area contributed by atoms with E-state index in [0.717, 1.165) is 22.4 Å². The second kappa shape index (κ2) is 9.12. The van der Waals surface area contributed by atoms with E-state index in [4.69, 9.17) is 16.3 Å². The molecular weight excluding hydrogens is 396 g/mol. The topological polar surface area (TPSA) is 69.0 Å². The minimum Gasteiger partial charge on any atom is -0.497 e. The van der Waals surface area contributed by atoms with E-state index in [9.17, 15) is 4.79 Å². The molecule has 0 saturated heterocycles. The number of rotatable bonds is 7. The zero-order valence-corrected chi connectivity index (χ0v) is 17.5. The standard InChI is InChI=1S/C20H21ClN4O2S/c1-13-4-7-15(10-17(13)21)19-23-24-20(25(19)2)28-12-18(26)22-11-14-5-8-16(27-3)9-6-14/h4-10H,11-12H2,1-3H3,(H,22,26). The van der Waals surface area contributed by atoms with Gasteiger partial charge >= 0.3 is 0 Å². The molecule has 0 atom stereocenters. The van der Waals surface area contributed by atoms with Crippen molar-refractivity contribution in [1.82, 2.24) is 20.1 Å². The highest BCUT2D eigenvalue weighted by Gasteiger charge is 2.13. The van der Waals surface area contributed by atoms with Crippen LogP contribution in [0, 0.1) is 6.92 Å². The summed E-state index contributed by atoms with van der Waals surface area (Å²) in [5, 5.41) is 12.7. The van der Waals surface area contributed by atoms with Crippen LogP contribution in [-0.4, -0.2) is 33.5 Å². The average molecular weight is 417 g/mol. The third-order valence-corrected chi connectivity index (χ3v) is 5.67. The van der Waals surface area contributed by atoms with E-state index in [-0.39, 0.29) is 11.7 Å². The maximum absolute atomic E-state index is 12.2. The molecule has 146 valence electrons. The van der Waals surface area contributed by atoms with E-state index in [2.05, 4.69) is 15.5 Å². The first-order valence-corrected chi connectivity index (χ1v) is 10.0. The Kier molecular flexibility index (Phi) is 6.59. The first kappa shape index (κ1) is 20.2. The van der Waals surface area contributed by atoms with Crippen molar-refractivity contribution in [3.63, 3.8) is 0 Å². The van der Waals surface area contributed by atoms with Crippen LogP contribution >= 0.6 is 23.4 Å². The molecule has 2 aromatic carbocycles. The molecule has 0 aliphatic rings. The first-order valence-electron chi connectivity index (χ1n) is 8.66. The number of aryl methyl sites for hydroxylation is 1. The molecular formula is C20H21ClN4O2S. The normalized spacial score (nSPS) is 10.7. The summed E-state index contributed by atoms with van der Waals surface area (Å²) in [7, 11) is 3.50. The van der Waals surface area contributed by atoms with Crippen molar-refractivity contribution < 1.29 is 9.53 Å². The monoisotopic (exact) mass is 416 g/mol. The highest BCUT2D eigenvalue weighted by molar-refractivity contribution is 7.99. The third kappa shape index (κ3) is 4.85. The van der Waals surface area contributed by atoms with E-state index in [1.165, 1.54) is 11.8 Å². The van der Waals surface area contributed by atoms with E-state index in [1.807, 2.05) is 61.0 Å². The molecule has 1 aromatic heterocycles. The Morgan fingerprint density at radius 1 is 1.21 bits per heavy atom. The minimum atomic E-state index is -0.0660. The number of hydrogen-bond acceptors (Lipinski definition) is 5. The van der Waals surface area contributed by atoms with Crippen molar-refractivity contribution >= 4 is 29.3 Å². The molecule has 1 amide bonds. The number of carbonyl (C=O) groups excluding carboxylic acids is 1. The van der Waals surface area contributed by atoms with Gasteiger partial charge in [0.05, 0.1) is 12.9 Å². The van der Waals surface area contributed by atoms with Crippen molar-refractivity contribution in [3.8, 4) is 17.1 Å². The number of ether oxygens (including phenoxy) is 1. The van der Waals surface area contributed by atoms with Gasteiger partial charge in [-0.3, -0.25) is 4.79 Å². The summed E-state index contributed by atoms with van der Waals surface area (Å²) in [5.74, 6) is 1.70. The first-order chi connectivity index (χ1) is 13.5. The number of amides is 1. The molecule has 3 rings (SSSR count). The number of carbonyl (C=O) groups is 1. The molecule has 0 spiro atoms. The largest absolute Gasteiger partial charge is 0.497 e. The summed E-state index contributed by atoms with van der Waals surface area (Å²) in [4.78, 5) is 12.2. The zero-order valence-electron chi connectivity index (χ0n) is 15.9. The van der Waals surface area contributed by atoms with Gasteiger partial charge in [0, 0.05) is 24.2 Å². The van der Waals surface area contributed by atoms with Crippen LogP contribution in [0.2, 0.25) is 5.02 Å². The van der Waals surface area contributed by atoms with E-state index >= 15 is 0 Å². The fourth-order valence-corrected chi connectivity index (χ4v) is 3.47. The molecule has 3 aromatic rings. The third-order valence-electron chi connectivity index (χ3n) is 4.25. The smallest absolute Gasteiger partial charge is 0.230 e. The Balaban J connectivity index is 1.56. The second-order valence-electron chi connectivity index (χ2n) is 6.24. The number of nitrogens with zero attached hydrogens (tertiary/aromatic N) is 3. The van der Waals surface area contributed by atoms with Gasteiger partial charge in [0.1, 0.15) is 5.75 Å². The van der Waals surface area contributed by atoms with Crippen molar-refractivity contribution in [2.75, 3.05) is 12.9 Å². The highest BCUT2D eigenvalue weighted by atomic mass is 35.5. The van der Waals surface area contributed by atoms with Crippen LogP contribution in [0.4, 0.5) is 0 Å². The Hall–Kier alpha value is -2.51. The molecule has 8 heteroatoms. The van der Waals surface area contributed by atoms with Gasteiger partial charge in [-0.15, -0.1) is 10.2 Å². The van der Waals surface area contributed by atoms with Crippen molar-refractivity contribution in [2.24, 2.45) is 7.05 Å². The Morgan fingerprint density at radius 3 is 2.64 bits per heavy atom. The lowest BCUT2D eigenvalue weighted by molar-refractivity contribution is -0.118. The summed E-state index contributed by atoms with van der Waals surface area (Å²) in [5.41, 5.74) is 2.91. The Morgan fingerprint density at radius 2 is 1.96 bits per heavy atom. The van der Waals surface area contributed by atoms with Crippen molar-refractivity contribution in [1.29, 1.82) is 0 Å². The highest BCUT2D eigenvalue weighted by Crippen LogP contribution is 2.26. The number of benzene rings is 2. The van der Waals surface area contributed by atoms with E-state index < -0.39 is 0 Å². The van der Waals surface area contributed by atoms with Crippen LogP contribution in [0.1, 0.15) is 11.1 Å². The van der Waals surface area contributed by atoms with Crippen LogP contribution in [-0.2, 0) is 18.4 Å². The number of halogens is 1. The molecule has 28 heavy (non-hydrogen) atoms. The van der Waals surface area contributed by atoms with Crippen molar-refractivity contribution in [3.05, 3.63) is 58.6 Å². The summed E-state index contributed by atoms with van der Waals surface area (Å²) >= 11 is 7.55. The molecule has 0 fully saturated rings. The van der Waals surface area contributed by atoms with Crippen LogP contribution in [0.3, 0.4) is 0 Å². The van der Waals surface area contributed by atoms with Crippen molar-refractivity contribution in [2.45, 2.75) is 18.6 Å². The molecule has 0 aliphatic heterocycles. The number of aromatic nitrogens is 3. The fourth-order valence-electron chi connectivity index (χ4n) is 2.55. The van der Waals surface area contributed by atoms with Gasteiger partial charge in [0.15, 0.2) is 11.0 Å². The molecule has 1 N–H and O–H groups in total. The molecule has 0 radical (unpaired) electrons. The molecule has 6 nitrogen and oxygen atoms in total. The van der Waals surface area contributed by atoms with Crippen LogP contribution in [0.25, 0.3) is 11.4 Å². The lowest BCUT2D eigenvalue weighted by atomic mass is 10.1. The maximum atomic E-state index is 12.2. The fraction of sp³-hybridized carbons (Fsp3) is 0.250. The van der Waals surface area contributed by atoms with E-state index in [1.54, 1.807) is 7.11 Å². The summed E-state index contributed by atoms with van der Waals surface area (Å²) in [6.45, 7) is 2.42. The van der Waals surface area contributed by atoms with Gasteiger partial charge in [0.25, 0.3) is 0 Å². The molecule has 0 bridgehead atoms. The quantitative estimate of drug-likeness (QED) is 0.592. The minimum absolute atomic E-state index is 0.0660. The van der Waals surface area contributed by atoms with Gasteiger partial charge in [-0.2, -0.15) is 0 Å². The molecule has 1 heterocycles. The van der Waals surface area contributed by atoms with Crippen LogP contribution < -0.4 is 10.1 Å². The number of hydrogen-bond donors (Lipinski definition) is 1. The lowest BCUT2D eigenvalue weighted by Crippen LogP contribution is -2.24. The maximum Gasteiger partial charge on any atom is 0.230 e. The van der Waals surface area contributed by atoms with Gasteiger partial charge in [-0.25, -0.2) is 0 Å². The summed E-state index contributed by atoms with van der Waals surface area (Å²) in [6, 6.07) is 13.4. The average Bonchev–Trinajstić information content (AvgIpc) is 3.07. The second-order valence-corrected chi connectivity index (χ2v) is 7.59. The number of thioether (sulfide) groups is 1.